The molecule has 3 amide bonds. The Morgan fingerprint density at radius 2 is 1.34 bits per heavy atom. The third-order valence-electron chi connectivity index (χ3n) is 8.92. The molecule has 4 rings (SSSR count). The van der Waals surface area contributed by atoms with Crippen LogP contribution < -0.4 is 16.0 Å². The first-order valence-corrected chi connectivity index (χ1v) is 19.6. The van der Waals surface area contributed by atoms with Crippen LogP contribution >= 0.6 is 7.37 Å². The lowest BCUT2D eigenvalue weighted by atomic mass is 9.91. The van der Waals surface area contributed by atoms with Crippen LogP contribution in [0.25, 0.3) is 0 Å². The minimum absolute atomic E-state index is 0.0383. The van der Waals surface area contributed by atoms with Crippen molar-refractivity contribution < 1.29 is 33.3 Å². The number of carbonyl (C=O) groups excluding carboxylic acids is 3. The first-order chi connectivity index (χ1) is 24.1. The van der Waals surface area contributed by atoms with Crippen LogP contribution in [0.1, 0.15) is 62.6 Å². The van der Waals surface area contributed by atoms with Crippen LogP contribution in [0.3, 0.4) is 0 Å². The van der Waals surface area contributed by atoms with E-state index in [1.54, 1.807) is 13.8 Å². The third-order valence-corrected chi connectivity index (χ3v) is 11.6. The summed E-state index contributed by atoms with van der Waals surface area (Å²) in [6.45, 7) is 3.66. The molecule has 3 aromatic rings. The normalized spacial score (nSPS) is 16.4. The molecule has 4 atom stereocenters. The van der Waals surface area contributed by atoms with Gasteiger partial charge in [0.1, 0.15) is 18.7 Å². The molecule has 0 spiro atoms. The first kappa shape index (κ1) is 38.8. The van der Waals surface area contributed by atoms with E-state index in [1.807, 2.05) is 91.0 Å². The molecule has 1 fully saturated rings. The Labute approximate surface area is 296 Å². The number of carbonyl (C=O) groups is 3. The van der Waals surface area contributed by atoms with Gasteiger partial charge in [0.05, 0.1) is 18.9 Å². The van der Waals surface area contributed by atoms with Crippen LogP contribution in [0.4, 0.5) is 4.79 Å². The van der Waals surface area contributed by atoms with Crippen molar-refractivity contribution in [3.8, 4) is 0 Å². The Hall–Kier alpha value is -3.98. The summed E-state index contributed by atoms with van der Waals surface area (Å²) >= 11 is 0. The van der Waals surface area contributed by atoms with E-state index in [9.17, 15) is 24.1 Å². The molecule has 270 valence electrons. The Balaban J connectivity index is 1.36. The van der Waals surface area contributed by atoms with Crippen LogP contribution in [-0.2, 0) is 43.0 Å². The summed E-state index contributed by atoms with van der Waals surface area (Å²) in [5.41, 5.74) is 2.52. The minimum atomic E-state index is -3.24. The maximum Gasteiger partial charge on any atom is 0.408 e. The van der Waals surface area contributed by atoms with Crippen molar-refractivity contribution >= 4 is 25.3 Å². The van der Waals surface area contributed by atoms with Crippen LogP contribution in [0.15, 0.2) is 91.0 Å². The Kier molecular flexibility index (Phi) is 15.5. The first-order valence-electron chi connectivity index (χ1n) is 17.6. The van der Waals surface area contributed by atoms with Gasteiger partial charge in [-0.2, -0.15) is 0 Å². The molecule has 4 N–H and O–H groups in total. The van der Waals surface area contributed by atoms with E-state index in [0.29, 0.717) is 6.16 Å². The number of nitrogens with one attached hydrogen (secondary N) is 3. The fourth-order valence-corrected chi connectivity index (χ4v) is 8.85. The molecule has 0 radical (unpaired) electrons. The lowest BCUT2D eigenvalue weighted by Gasteiger charge is -2.29. The highest BCUT2D eigenvalue weighted by molar-refractivity contribution is 7.59. The number of hydrogen-bond donors (Lipinski definition) is 4. The number of ether oxygens (including phenoxy) is 1. The Morgan fingerprint density at radius 1 is 0.780 bits per heavy atom. The molecule has 1 aliphatic carbocycles. The summed E-state index contributed by atoms with van der Waals surface area (Å²) < 4.78 is 25.6. The second kappa shape index (κ2) is 20.0. The fourth-order valence-electron chi connectivity index (χ4n) is 6.18. The van der Waals surface area contributed by atoms with E-state index in [-0.39, 0.29) is 44.2 Å². The topological polar surface area (TPSA) is 143 Å². The van der Waals surface area contributed by atoms with Gasteiger partial charge in [-0.3, -0.25) is 14.2 Å². The van der Waals surface area contributed by atoms with Gasteiger partial charge in [-0.15, -0.1) is 0 Å². The van der Waals surface area contributed by atoms with E-state index in [4.69, 9.17) is 9.26 Å². The standard InChI is InChI=1S/C39H52N3O7P/c1-29(2)36(42-37(44)35(23-30-15-7-3-8-16-30)41-39(46)48-25-31-17-9-4-10-18-31)38(45)40-24-34(43)28-50(47,27-33-21-13-6-14-22-33)49-26-32-19-11-5-12-20-32/h3-5,7-12,15-20,29,33-36,43H,6,13-14,21-28H2,1-2H3,(H,40,45)(H,41,46)(H,42,44). The molecule has 11 heteroatoms. The number of hydrogen-bond acceptors (Lipinski definition) is 7. The van der Waals surface area contributed by atoms with Crippen molar-refractivity contribution in [3.05, 3.63) is 108 Å². The van der Waals surface area contributed by atoms with E-state index in [0.717, 1.165) is 42.4 Å². The van der Waals surface area contributed by atoms with Crippen LogP contribution in [0, 0.1) is 11.8 Å². The largest absolute Gasteiger partial charge is 0.445 e. The number of amides is 3. The van der Waals surface area contributed by atoms with Gasteiger partial charge >= 0.3 is 6.09 Å². The van der Waals surface area contributed by atoms with Crippen molar-refractivity contribution in [3.63, 3.8) is 0 Å². The average Bonchev–Trinajstić information content (AvgIpc) is 3.12. The van der Waals surface area contributed by atoms with Crippen LogP contribution in [0.2, 0.25) is 0 Å². The average molecular weight is 706 g/mol. The molecule has 0 saturated heterocycles. The highest BCUT2D eigenvalue weighted by atomic mass is 31.2. The highest BCUT2D eigenvalue weighted by Gasteiger charge is 2.33. The maximum atomic E-state index is 14.1. The number of aliphatic hydroxyl groups excluding tert-OH is 1. The van der Waals surface area contributed by atoms with Gasteiger partial charge in [0.15, 0.2) is 0 Å². The van der Waals surface area contributed by atoms with Crippen molar-refractivity contribution in [1.29, 1.82) is 0 Å². The van der Waals surface area contributed by atoms with E-state index >= 15 is 0 Å². The predicted molar refractivity (Wildman–Crippen MR) is 195 cm³/mol. The Morgan fingerprint density at radius 3 is 1.92 bits per heavy atom. The van der Waals surface area contributed by atoms with Gasteiger partial charge < -0.3 is 30.3 Å². The molecule has 0 aromatic heterocycles. The van der Waals surface area contributed by atoms with Gasteiger partial charge in [0, 0.05) is 19.1 Å². The summed E-state index contributed by atoms with van der Waals surface area (Å²) in [6.07, 6.45) is 3.99. The van der Waals surface area contributed by atoms with Gasteiger partial charge in [-0.25, -0.2) is 4.79 Å². The Bertz CT molecular complexity index is 1520. The molecule has 50 heavy (non-hydrogen) atoms. The van der Waals surface area contributed by atoms with Crippen molar-refractivity contribution in [2.75, 3.05) is 18.9 Å². The molecular formula is C39H52N3O7P. The zero-order valence-electron chi connectivity index (χ0n) is 29.2. The van der Waals surface area contributed by atoms with Crippen LogP contribution in [-0.4, -0.2) is 60.1 Å². The zero-order chi connectivity index (χ0) is 35.8. The number of benzene rings is 3. The maximum absolute atomic E-state index is 14.1. The van der Waals surface area contributed by atoms with Gasteiger partial charge in [-0.05, 0) is 41.4 Å². The number of alkyl carbamates (subject to hydrolysis) is 1. The molecule has 1 aliphatic rings. The molecular weight excluding hydrogens is 653 g/mol. The molecule has 10 nitrogen and oxygen atoms in total. The van der Waals surface area contributed by atoms with Crippen molar-refractivity contribution in [1.82, 2.24) is 16.0 Å². The SMILES string of the molecule is CC(C)C(NC(=O)C(Cc1ccccc1)NC(=O)OCc1ccccc1)C(=O)NCC(O)CP(=O)(CC1CCCCC1)OCc1ccccc1. The summed E-state index contributed by atoms with van der Waals surface area (Å²) in [4.78, 5) is 39.8. The fraction of sp³-hybridized carbons (Fsp3) is 0.462. The summed E-state index contributed by atoms with van der Waals surface area (Å²) in [6, 6.07) is 26.0. The lowest BCUT2D eigenvalue weighted by molar-refractivity contribution is -0.131. The molecule has 0 bridgehead atoms. The van der Waals surface area contributed by atoms with E-state index in [1.165, 1.54) is 6.42 Å². The number of aliphatic hydroxyl groups is 1. The quantitative estimate of drug-likeness (QED) is 0.115. The molecule has 0 aliphatic heterocycles. The highest BCUT2D eigenvalue weighted by Crippen LogP contribution is 2.51. The summed E-state index contributed by atoms with van der Waals surface area (Å²) in [5, 5.41) is 19.2. The summed E-state index contributed by atoms with van der Waals surface area (Å²) in [5.74, 6) is -1.08. The lowest BCUT2D eigenvalue weighted by Crippen LogP contribution is -2.56. The zero-order valence-corrected chi connectivity index (χ0v) is 30.1. The molecule has 4 unspecified atom stereocenters. The predicted octanol–water partition coefficient (Wildman–Crippen LogP) is 6.22. The summed E-state index contributed by atoms with van der Waals surface area (Å²) in [7, 11) is -3.24. The second-order valence-corrected chi connectivity index (χ2v) is 16.1. The number of rotatable bonds is 18. The van der Waals surface area contributed by atoms with Gasteiger partial charge in [0.25, 0.3) is 0 Å². The molecule has 3 aromatic carbocycles. The minimum Gasteiger partial charge on any atom is -0.445 e. The van der Waals surface area contributed by atoms with Gasteiger partial charge in [-0.1, -0.05) is 124 Å². The van der Waals surface area contributed by atoms with E-state index in [2.05, 4.69) is 16.0 Å². The van der Waals surface area contributed by atoms with Gasteiger partial charge in [0.2, 0.25) is 19.2 Å². The van der Waals surface area contributed by atoms with Crippen molar-refractivity contribution in [2.24, 2.45) is 11.8 Å². The van der Waals surface area contributed by atoms with Crippen molar-refractivity contribution in [2.45, 2.75) is 83.8 Å². The monoisotopic (exact) mass is 705 g/mol. The van der Waals surface area contributed by atoms with Crippen LogP contribution in [0.5, 0.6) is 0 Å². The third kappa shape index (κ3) is 13.4. The second-order valence-electron chi connectivity index (χ2n) is 13.5. The van der Waals surface area contributed by atoms with E-state index < -0.39 is 43.5 Å². The molecule has 1 saturated carbocycles. The smallest absolute Gasteiger partial charge is 0.408 e. The molecule has 0 heterocycles.